The van der Waals surface area contributed by atoms with E-state index in [0.717, 1.165) is 6.42 Å². The molecular weight excluding hydrogens is 240 g/mol. The van der Waals surface area contributed by atoms with Gasteiger partial charge in [-0.1, -0.05) is 13.8 Å². The number of nitrogens with zero attached hydrogens (tertiary/aromatic N) is 1. The van der Waals surface area contributed by atoms with E-state index in [1.54, 1.807) is 0 Å². The van der Waals surface area contributed by atoms with E-state index >= 15 is 0 Å². The van der Waals surface area contributed by atoms with E-state index in [2.05, 4.69) is 18.8 Å². The molecule has 0 aromatic heterocycles. The lowest BCUT2D eigenvalue weighted by Crippen LogP contribution is -2.10. The molecule has 1 aliphatic rings. The van der Waals surface area contributed by atoms with Crippen LogP contribution in [0, 0.1) is 5.92 Å². The lowest BCUT2D eigenvalue weighted by Gasteiger charge is -2.06. The predicted octanol–water partition coefficient (Wildman–Crippen LogP) is 0.458. The van der Waals surface area contributed by atoms with Gasteiger partial charge in [0.2, 0.25) is 0 Å². The summed E-state index contributed by atoms with van der Waals surface area (Å²) in [6.07, 6.45) is 2.19. The standard InChI is InChI=1S/C7H14N2O.C4H4O4/c1-5(2)3-6-4-10-7(8)9-6;5-3(6)1-2-4(7)8/h5-6H,3-4H2,1-2H3,(H2,8,9);1-2H,(H,5,6)(H,7,8)/b;2-1+. The number of aliphatic imine (C=N–C) groups is 1. The van der Waals surface area contributed by atoms with Gasteiger partial charge in [-0.15, -0.1) is 0 Å². The van der Waals surface area contributed by atoms with Crippen LogP contribution in [-0.2, 0) is 14.3 Å². The van der Waals surface area contributed by atoms with Crippen LogP contribution in [0.15, 0.2) is 17.1 Å². The quantitative estimate of drug-likeness (QED) is 0.629. The van der Waals surface area contributed by atoms with Gasteiger partial charge >= 0.3 is 11.9 Å². The number of carboxylic acids is 2. The van der Waals surface area contributed by atoms with E-state index in [1.165, 1.54) is 0 Å². The van der Waals surface area contributed by atoms with E-state index in [1.807, 2.05) is 0 Å². The molecule has 0 aromatic carbocycles. The van der Waals surface area contributed by atoms with Gasteiger partial charge in [0.25, 0.3) is 6.02 Å². The molecule has 1 unspecified atom stereocenters. The second kappa shape index (κ2) is 8.10. The van der Waals surface area contributed by atoms with Gasteiger partial charge in [-0.2, -0.15) is 0 Å². The number of carbonyl (C=O) groups is 2. The average Bonchev–Trinajstić information content (AvgIpc) is 2.61. The Hall–Kier alpha value is -2.05. The van der Waals surface area contributed by atoms with Crippen molar-refractivity contribution in [3.05, 3.63) is 12.2 Å². The maximum atomic E-state index is 9.55. The molecule has 0 fully saturated rings. The number of hydrogen-bond acceptors (Lipinski definition) is 5. The second-order valence-electron chi connectivity index (χ2n) is 4.07. The van der Waals surface area contributed by atoms with Crippen molar-refractivity contribution >= 4 is 18.0 Å². The molecule has 4 N–H and O–H groups in total. The first-order valence-electron chi connectivity index (χ1n) is 5.41. The average molecular weight is 258 g/mol. The fraction of sp³-hybridized carbons (Fsp3) is 0.545. The highest BCUT2D eigenvalue weighted by Crippen LogP contribution is 2.12. The second-order valence-corrected chi connectivity index (χ2v) is 4.07. The van der Waals surface area contributed by atoms with Gasteiger partial charge in [-0.05, 0) is 12.3 Å². The SMILES string of the molecule is CC(C)CC1COC(N)=N1.O=C(O)/C=C/C(=O)O. The number of carboxylic acid groups (broad SMARTS) is 2. The van der Waals surface area contributed by atoms with E-state index in [4.69, 9.17) is 20.7 Å². The Morgan fingerprint density at radius 1 is 1.44 bits per heavy atom. The Morgan fingerprint density at radius 3 is 2.22 bits per heavy atom. The zero-order valence-electron chi connectivity index (χ0n) is 10.4. The Labute approximate surface area is 105 Å². The van der Waals surface area contributed by atoms with Crippen LogP contribution in [0.5, 0.6) is 0 Å². The summed E-state index contributed by atoms with van der Waals surface area (Å²) in [4.78, 5) is 23.2. The fourth-order valence-electron chi connectivity index (χ4n) is 1.24. The third-order valence-corrected chi connectivity index (χ3v) is 1.85. The molecule has 18 heavy (non-hydrogen) atoms. The number of aliphatic carboxylic acids is 2. The van der Waals surface area contributed by atoms with Gasteiger partial charge in [0, 0.05) is 12.2 Å². The van der Waals surface area contributed by atoms with Gasteiger partial charge in [0.15, 0.2) is 0 Å². The van der Waals surface area contributed by atoms with Crippen molar-refractivity contribution in [2.45, 2.75) is 26.3 Å². The molecule has 0 saturated heterocycles. The summed E-state index contributed by atoms with van der Waals surface area (Å²) in [5.74, 6) is -1.84. The summed E-state index contributed by atoms with van der Waals surface area (Å²) < 4.78 is 4.99. The molecule has 1 aliphatic heterocycles. The summed E-state index contributed by atoms with van der Waals surface area (Å²) in [5, 5.41) is 15.6. The van der Waals surface area contributed by atoms with Gasteiger partial charge < -0.3 is 20.7 Å². The molecule has 7 heteroatoms. The zero-order valence-corrected chi connectivity index (χ0v) is 10.4. The number of amidine groups is 1. The van der Waals surface area contributed by atoms with Crippen LogP contribution < -0.4 is 5.73 Å². The minimum atomic E-state index is -1.26. The maximum Gasteiger partial charge on any atom is 0.328 e. The van der Waals surface area contributed by atoms with Crippen molar-refractivity contribution in [2.75, 3.05) is 6.61 Å². The molecule has 7 nitrogen and oxygen atoms in total. The van der Waals surface area contributed by atoms with Crippen LogP contribution >= 0.6 is 0 Å². The Balaban J connectivity index is 0.000000331. The minimum absolute atomic E-state index is 0.306. The number of rotatable bonds is 4. The summed E-state index contributed by atoms with van der Waals surface area (Å²) >= 11 is 0. The van der Waals surface area contributed by atoms with Crippen molar-refractivity contribution in [3.8, 4) is 0 Å². The van der Waals surface area contributed by atoms with Crippen molar-refractivity contribution in [1.29, 1.82) is 0 Å². The van der Waals surface area contributed by atoms with Crippen LogP contribution in [0.4, 0.5) is 0 Å². The molecule has 0 bridgehead atoms. The Bertz CT molecular complexity index is 333. The largest absolute Gasteiger partial charge is 0.478 e. The third-order valence-electron chi connectivity index (χ3n) is 1.85. The molecular formula is C11H18N2O5. The molecule has 0 radical (unpaired) electrons. The monoisotopic (exact) mass is 258 g/mol. The summed E-state index contributed by atoms with van der Waals surface area (Å²) in [6.45, 7) is 5.01. The van der Waals surface area contributed by atoms with E-state index < -0.39 is 11.9 Å². The lowest BCUT2D eigenvalue weighted by molar-refractivity contribution is -0.134. The highest BCUT2D eigenvalue weighted by Gasteiger charge is 2.16. The third kappa shape index (κ3) is 9.20. The number of hydrogen-bond donors (Lipinski definition) is 3. The van der Waals surface area contributed by atoms with E-state index in [0.29, 0.717) is 36.7 Å². The van der Waals surface area contributed by atoms with Crippen LogP contribution in [0.1, 0.15) is 20.3 Å². The lowest BCUT2D eigenvalue weighted by atomic mass is 10.1. The molecule has 1 atom stereocenters. The number of ether oxygens (including phenoxy) is 1. The van der Waals surface area contributed by atoms with Crippen LogP contribution in [-0.4, -0.2) is 40.8 Å². The first kappa shape index (κ1) is 16.0. The summed E-state index contributed by atoms with van der Waals surface area (Å²) in [6, 6.07) is 0.658. The van der Waals surface area contributed by atoms with Crippen LogP contribution in [0.3, 0.4) is 0 Å². The topological polar surface area (TPSA) is 122 Å². The Morgan fingerprint density at radius 2 is 1.94 bits per heavy atom. The molecule has 102 valence electrons. The van der Waals surface area contributed by atoms with Gasteiger partial charge in [-0.25, -0.2) is 14.6 Å². The molecule has 0 aromatic rings. The predicted molar refractivity (Wildman–Crippen MR) is 65.2 cm³/mol. The molecule has 1 heterocycles. The van der Waals surface area contributed by atoms with Crippen molar-refractivity contribution in [2.24, 2.45) is 16.6 Å². The van der Waals surface area contributed by atoms with E-state index in [9.17, 15) is 9.59 Å². The van der Waals surface area contributed by atoms with Gasteiger partial charge in [0.1, 0.15) is 6.61 Å². The molecule has 0 saturated carbocycles. The van der Waals surface area contributed by atoms with Crippen molar-refractivity contribution in [3.63, 3.8) is 0 Å². The minimum Gasteiger partial charge on any atom is -0.478 e. The normalized spacial score (nSPS) is 17.9. The molecule has 0 aliphatic carbocycles. The van der Waals surface area contributed by atoms with Crippen molar-refractivity contribution < 1.29 is 24.5 Å². The maximum absolute atomic E-state index is 9.55. The summed E-state index contributed by atoms with van der Waals surface area (Å²) in [7, 11) is 0. The Kier molecular flexibility index (Phi) is 7.18. The molecule has 0 amide bonds. The highest BCUT2D eigenvalue weighted by atomic mass is 16.5. The van der Waals surface area contributed by atoms with Gasteiger partial charge in [0.05, 0.1) is 6.04 Å². The van der Waals surface area contributed by atoms with Crippen LogP contribution in [0.25, 0.3) is 0 Å². The smallest absolute Gasteiger partial charge is 0.328 e. The number of nitrogens with two attached hydrogens (primary N) is 1. The van der Waals surface area contributed by atoms with Gasteiger partial charge in [-0.3, -0.25) is 0 Å². The molecule has 1 rings (SSSR count). The fourth-order valence-corrected chi connectivity index (χ4v) is 1.24. The van der Waals surface area contributed by atoms with E-state index in [-0.39, 0.29) is 0 Å². The summed E-state index contributed by atoms with van der Waals surface area (Å²) in [5.41, 5.74) is 5.33. The van der Waals surface area contributed by atoms with Crippen LogP contribution in [0.2, 0.25) is 0 Å². The van der Waals surface area contributed by atoms with Crippen molar-refractivity contribution in [1.82, 2.24) is 0 Å². The first-order valence-corrected chi connectivity index (χ1v) is 5.41. The molecule has 0 spiro atoms. The first-order chi connectivity index (χ1) is 8.31. The highest BCUT2D eigenvalue weighted by molar-refractivity contribution is 5.89. The zero-order chi connectivity index (χ0) is 14.1.